The minimum atomic E-state index is 0.0200. The van der Waals surface area contributed by atoms with Crippen molar-refractivity contribution in [1.29, 1.82) is 0 Å². The molecule has 0 saturated heterocycles. The molecule has 1 aromatic heterocycles. The highest BCUT2D eigenvalue weighted by Gasteiger charge is 2.20. The fraction of sp³-hybridized carbons (Fsp3) is 0.300. The molecular weight excluding hydrogens is 180 g/mol. The van der Waals surface area contributed by atoms with Crippen LogP contribution in [0.5, 0.6) is 0 Å². The highest BCUT2D eigenvalue weighted by atomic mass is 16.5. The van der Waals surface area contributed by atoms with Crippen molar-refractivity contribution in [3.8, 4) is 0 Å². The Bertz CT molecular complexity index is 399. The molecule has 1 aliphatic heterocycles. The third-order valence-corrected chi connectivity index (χ3v) is 1.94. The number of ether oxygens (including phenoxy) is 1. The van der Waals surface area contributed by atoms with Gasteiger partial charge in [0, 0.05) is 6.20 Å². The van der Waals surface area contributed by atoms with Gasteiger partial charge in [-0.2, -0.15) is 4.99 Å². The summed E-state index contributed by atoms with van der Waals surface area (Å²) in [5.41, 5.74) is 0.580. The first kappa shape index (κ1) is 8.87. The van der Waals surface area contributed by atoms with E-state index in [1.165, 1.54) is 0 Å². The zero-order valence-electron chi connectivity index (χ0n) is 7.86. The molecule has 4 heteroatoms. The van der Waals surface area contributed by atoms with E-state index in [0.717, 1.165) is 0 Å². The van der Waals surface area contributed by atoms with Crippen LogP contribution in [0.25, 0.3) is 0 Å². The Morgan fingerprint density at radius 1 is 1.57 bits per heavy atom. The van der Waals surface area contributed by atoms with E-state index in [9.17, 15) is 4.79 Å². The normalized spacial score (nSPS) is 14.6. The number of hydrogen-bond donors (Lipinski definition) is 0. The van der Waals surface area contributed by atoms with Crippen molar-refractivity contribution in [3.05, 3.63) is 23.9 Å². The van der Waals surface area contributed by atoms with Gasteiger partial charge in [-0.15, -0.1) is 0 Å². The monoisotopic (exact) mass is 190 g/mol. The third kappa shape index (κ3) is 1.51. The van der Waals surface area contributed by atoms with E-state index in [2.05, 4.69) is 9.98 Å². The Kier molecular flexibility index (Phi) is 2.26. The highest BCUT2D eigenvalue weighted by molar-refractivity contribution is 6.12. The molecule has 0 atom stereocenters. The largest absolute Gasteiger partial charge is 0.481 e. The Balaban J connectivity index is 2.40. The molecule has 0 saturated carbocycles. The van der Waals surface area contributed by atoms with Crippen molar-refractivity contribution in [2.24, 2.45) is 4.99 Å². The number of carbonyl (C=O) groups excluding carboxylic acids is 1. The molecule has 0 aliphatic carbocycles. The van der Waals surface area contributed by atoms with Crippen LogP contribution in [0.1, 0.15) is 23.7 Å². The average molecular weight is 190 g/mol. The van der Waals surface area contributed by atoms with E-state index in [1.54, 1.807) is 18.3 Å². The lowest BCUT2D eigenvalue weighted by molar-refractivity contribution is 0.0991. The van der Waals surface area contributed by atoms with Gasteiger partial charge < -0.3 is 4.74 Å². The smallest absolute Gasteiger partial charge is 0.197 e. The van der Waals surface area contributed by atoms with Gasteiger partial charge in [0.2, 0.25) is 0 Å². The molecule has 2 heterocycles. The molecule has 72 valence electrons. The van der Waals surface area contributed by atoms with Gasteiger partial charge in [0.05, 0.1) is 18.6 Å². The fourth-order valence-electron chi connectivity index (χ4n) is 1.34. The van der Waals surface area contributed by atoms with E-state index in [4.69, 9.17) is 4.74 Å². The minimum absolute atomic E-state index is 0.0200. The van der Waals surface area contributed by atoms with Crippen molar-refractivity contribution >= 4 is 17.5 Å². The molecule has 0 unspecified atom stereocenters. The molecule has 0 bridgehead atoms. The molecule has 0 radical (unpaired) electrons. The number of Topliss-reactive ketones (excluding diaryl/α,β-unsaturated/α-hetero) is 1. The Labute approximate surface area is 81.6 Å². The van der Waals surface area contributed by atoms with Crippen molar-refractivity contribution in [2.75, 3.05) is 6.61 Å². The Morgan fingerprint density at radius 3 is 3.21 bits per heavy atom. The van der Waals surface area contributed by atoms with Crippen LogP contribution in [0.4, 0.5) is 5.82 Å². The SMILES string of the molecule is CCOC1=Nc2ncccc2C(=O)C1. The number of pyridine rings is 1. The average Bonchev–Trinajstić information content (AvgIpc) is 2.18. The van der Waals surface area contributed by atoms with Crippen molar-refractivity contribution in [3.63, 3.8) is 0 Å². The van der Waals surface area contributed by atoms with Gasteiger partial charge in [-0.25, -0.2) is 4.98 Å². The summed E-state index contributed by atoms with van der Waals surface area (Å²) >= 11 is 0. The molecule has 0 aromatic carbocycles. The second-order valence-electron chi connectivity index (χ2n) is 2.91. The van der Waals surface area contributed by atoms with Crippen molar-refractivity contribution in [1.82, 2.24) is 4.98 Å². The van der Waals surface area contributed by atoms with Crippen molar-refractivity contribution < 1.29 is 9.53 Å². The van der Waals surface area contributed by atoms with E-state index >= 15 is 0 Å². The maximum Gasteiger partial charge on any atom is 0.197 e. The molecule has 0 amide bonds. The molecule has 0 N–H and O–H groups in total. The first-order chi connectivity index (χ1) is 6.81. The summed E-state index contributed by atoms with van der Waals surface area (Å²) in [6.07, 6.45) is 1.86. The number of carbonyl (C=O) groups is 1. The standard InChI is InChI=1S/C10H10N2O2/c1-2-14-9-6-8(13)7-4-3-5-11-10(7)12-9/h3-5H,2,6H2,1H3. The van der Waals surface area contributed by atoms with Gasteiger partial charge in [0.25, 0.3) is 0 Å². The predicted octanol–water partition coefficient (Wildman–Crippen LogP) is 1.73. The molecule has 14 heavy (non-hydrogen) atoms. The topological polar surface area (TPSA) is 51.6 Å². The summed E-state index contributed by atoms with van der Waals surface area (Å²) in [5, 5.41) is 0. The number of rotatable bonds is 1. The summed E-state index contributed by atoms with van der Waals surface area (Å²) in [6.45, 7) is 2.38. The van der Waals surface area contributed by atoms with Crippen molar-refractivity contribution in [2.45, 2.75) is 13.3 Å². The van der Waals surface area contributed by atoms with Gasteiger partial charge in [-0.1, -0.05) is 0 Å². The van der Waals surface area contributed by atoms with Crippen LogP contribution in [-0.4, -0.2) is 23.3 Å². The molecule has 0 fully saturated rings. The van der Waals surface area contributed by atoms with Crippen LogP contribution in [0.2, 0.25) is 0 Å². The molecule has 2 rings (SSSR count). The van der Waals surface area contributed by atoms with E-state index in [-0.39, 0.29) is 12.2 Å². The first-order valence-electron chi connectivity index (χ1n) is 4.50. The van der Waals surface area contributed by atoms with Crippen LogP contribution < -0.4 is 0 Å². The number of nitrogens with zero attached hydrogens (tertiary/aromatic N) is 2. The van der Waals surface area contributed by atoms with Crippen LogP contribution in [-0.2, 0) is 4.74 Å². The van der Waals surface area contributed by atoms with E-state index in [0.29, 0.717) is 23.9 Å². The zero-order chi connectivity index (χ0) is 9.97. The summed E-state index contributed by atoms with van der Waals surface area (Å²) in [7, 11) is 0. The van der Waals surface area contributed by atoms with Gasteiger partial charge >= 0.3 is 0 Å². The zero-order valence-corrected chi connectivity index (χ0v) is 7.86. The molecular formula is C10H10N2O2. The molecule has 4 nitrogen and oxygen atoms in total. The number of hydrogen-bond acceptors (Lipinski definition) is 4. The molecule has 1 aliphatic rings. The summed E-state index contributed by atoms with van der Waals surface area (Å²) in [6, 6.07) is 3.47. The summed E-state index contributed by atoms with van der Waals surface area (Å²) in [5.74, 6) is 0.947. The Hall–Kier alpha value is -1.71. The maximum absolute atomic E-state index is 11.6. The van der Waals surface area contributed by atoms with Crippen LogP contribution >= 0.6 is 0 Å². The van der Waals surface area contributed by atoms with Gasteiger partial charge in [0.1, 0.15) is 0 Å². The van der Waals surface area contributed by atoms with Gasteiger partial charge in [-0.05, 0) is 19.1 Å². The number of aliphatic imine (C=N–C) groups is 1. The molecule has 0 spiro atoms. The van der Waals surface area contributed by atoms with E-state index in [1.807, 2.05) is 6.92 Å². The molecule has 1 aromatic rings. The lowest BCUT2D eigenvalue weighted by Gasteiger charge is -2.12. The lowest BCUT2D eigenvalue weighted by Crippen LogP contribution is -2.16. The number of aromatic nitrogens is 1. The predicted molar refractivity (Wildman–Crippen MR) is 51.9 cm³/mol. The Morgan fingerprint density at radius 2 is 2.43 bits per heavy atom. The number of fused-ring (bicyclic) bond motifs is 1. The second-order valence-corrected chi connectivity index (χ2v) is 2.91. The number of ketones is 1. The third-order valence-electron chi connectivity index (χ3n) is 1.94. The first-order valence-corrected chi connectivity index (χ1v) is 4.50. The van der Waals surface area contributed by atoms with Gasteiger partial charge in [-0.3, -0.25) is 4.79 Å². The van der Waals surface area contributed by atoms with Gasteiger partial charge in [0.15, 0.2) is 17.5 Å². The van der Waals surface area contributed by atoms with Crippen LogP contribution in [0.15, 0.2) is 23.3 Å². The summed E-state index contributed by atoms with van der Waals surface area (Å²) < 4.78 is 5.20. The van der Waals surface area contributed by atoms with Crippen LogP contribution in [0, 0.1) is 0 Å². The highest BCUT2D eigenvalue weighted by Crippen LogP contribution is 2.22. The maximum atomic E-state index is 11.6. The summed E-state index contributed by atoms with van der Waals surface area (Å²) in [4.78, 5) is 19.7. The lowest BCUT2D eigenvalue weighted by atomic mass is 10.1. The second kappa shape index (κ2) is 3.57. The minimum Gasteiger partial charge on any atom is -0.481 e. The fourth-order valence-corrected chi connectivity index (χ4v) is 1.34. The van der Waals surface area contributed by atoms with Crippen LogP contribution in [0.3, 0.4) is 0 Å². The quantitative estimate of drug-likeness (QED) is 0.677. The van der Waals surface area contributed by atoms with E-state index < -0.39 is 0 Å².